The van der Waals surface area contributed by atoms with Crippen molar-refractivity contribution in [3.05, 3.63) is 71.4 Å². The monoisotopic (exact) mass is 416 g/mol. The molecule has 0 radical (unpaired) electrons. The zero-order valence-corrected chi connectivity index (χ0v) is 14.8. The lowest BCUT2D eigenvalue weighted by Gasteiger charge is -2.32. The fourth-order valence-electron chi connectivity index (χ4n) is 2.59. The highest BCUT2D eigenvalue weighted by Crippen LogP contribution is 2.34. The van der Waals surface area contributed by atoms with E-state index in [1.807, 2.05) is 0 Å². The first-order valence-electron chi connectivity index (χ1n) is 8.23. The van der Waals surface area contributed by atoms with Crippen LogP contribution in [0.4, 0.5) is 26.3 Å². The molecular weight excluding hydrogens is 402 g/mol. The minimum atomic E-state index is -4.82. The Labute approximate surface area is 161 Å². The molecule has 1 atom stereocenters. The summed E-state index contributed by atoms with van der Waals surface area (Å²) in [5.41, 5.74) is 0.121. The lowest BCUT2D eigenvalue weighted by Crippen LogP contribution is -2.31. The van der Waals surface area contributed by atoms with E-state index in [4.69, 9.17) is 4.84 Å². The molecule has 1 unspecified atom stereocenters. The highest BCUT2D eigenvalue weighted by molar-refractivity contribution is 5.73. The second-order valence-electron chi connectivity index (χ2n) is 6.04. The fourth-order valence-corrected chi connectivity index (χ4v) is 2.59. The van der Waals surface area contributed by atoms with Gasteiger partial charge in [0.1, 0.15) is 5.75 Å². The Morgan fingerprint density at radius 2 is 1.62 bits per heavy atom. The van der Waals surface area contributed by atoms with E-state index in [1.54, 1.807) is 13.0 Å². The second kappa shape index (κ2) is 7.69. The summed E-state index contributed by atoms with van der Waals surface area (Å²) in [7, 11) is 0. The number of rotatable bonds is 4. The van der Waals surface area contributed by atoms with E-state index in [0.29, 0.717) is 11.3 Å². The zero-order chi connectivity index (χ0) is 21.2. The molecule has 1 heterocycles. The Hall–Kier alpha value is -3.17. The Kier molecular flexibility index (Phi) is 5.45. The summed E-state index contributed by atoms with van der Waals surface area (Å²) in [6, 6.07) is 9.31. The van der Waals surface area contributed by atoms with Crippen molar-refractivity contribution < 1.29 is 35.9 Å². The van der Waals surface area contributed by atoms with Gasteiger partial charge in [0.25, 0.3) is 0 Å². The summed E-state index contributed by atoms with van der Waals surface area (Å²) in [6.07, 6.45) is -7.09. The van der Waals surface area contributed by atoms with Crippen LogP contribution < -0.4 is 9.57 Å². The van der Waals surface area contributed by atoms with Crippen LogP contribution in [0.25, 0.3) is 0 Å². The van der Waals surface area contributed by atoms with Crippen LogP contribution in [-0.2, 0) is 6.18 Å². The number of benzene rings is 2. The number of ether oxygens (including phenoxy) is 1. The SMILES string of the molecule is CC1=CC=NC(c2ccc(OC(F)(F)F)cc2)N1Oc1cccc(C(F)(F)F)c1. The lowest BCUT2D eigenvalue weighted by atomic mass is 10.1. The predicted octanol–water partition coefficient (Wildman–Crippen LogP) is 5.89. The molecule has 0 aromatic heterocycles. The molecule has 2 aromatic carbocycles. The van der Waals surface area contributed by atoms with Gasteiger partial charge in [0.05, 0.1) is 11.3 Å². The van der Waals surface area contributed by atoms with E-state index in [9.17, 15) is 26.3 Å². The van der Waals surface area contributed by atoms with Crippen LogP contribution in [-0.4, -0.2) is 17.6 Å². The molecule has 4 nitrogen and oxygen atoms in total. The highest BCUT2D eigenvalue weighted by atomic mass is 19.4. The van der Waals surface area contributed by atoms with Gasteiger partial charge in [0.2, 0.25) is 0 Å². The Balaban J connectivity index is 1.84. The normalized spacial score (nSPS) is 17.1. The molecule has 0 saturated carbocycles. The third-order valence-corrected chi connectivity index (χ3v) is 3.89. The number of halogens is 6. The van der Waals surface area contributed by atoms with Crippen LogP contribution in [0, 0.1) is 0 Å². The van der Waals surface area contributed by atoms with Crippen LogP contribution in [0.3, 0.4) is 0 Å². The summed E-state index contributed by atoms with van der Waals surface area (Å²) >= 11 is 0. The maximum atomic E-state index is 12.9. The molecule has 0 bridgehead atoms. The van der Waals surface area contributed by atoms with Crippen molar-refractivity contribution in [2.45, 2.75) is 25.6 Å². The topological polar surface area (TPSA) is 34.1 Å². The molecule has 0 saturated heterocycles. The average Bonchev–Trinajstić information content (AvgIpc) is 2.62. The van der Waals surface area contributed by atoms with Crippen LogP contribution in [0.2, 0.25) is 0 Å². The number of nitrogens with zero attached hydrogens (tertiary/aromatic N) is 2. The molecule has 10 heteroatoms. The Bertz CT molecular complexity index is 920. The summed E-state index contributed by atoms with van der Waals surface area (Å²) in [5.74, 6) is -0.467. The van der Waals surface area contributed by atoms with Gasteiger partial charge in [-0.3, -0.25) is 4.99 Å². The summed E-state index contributed by atoms with van der Waals surface area (Å²) < 4.78 is 79.5. The molecule has 154 valence electrons. The number of allylic oxidation sites excluding steroid dienone is 2. The summed E-state index contributed by atoms with van der Waals surface area (Å²) in [5, 5.41) is 1.27. The molecule has 1 aliphatic heterocycles. The largest absolute Gasteiger partial charge is 0.573 e. The van der Waals surface area contributed by atoms with E-state index >= 15 is 0 Å². The molecular formula is C19H14F6N2O2. The molecule has 3 rings (SSSR count). The van der Waals surface area contributed by atoms with Gasteiger partial charge < -0.3 is 9.57 Å². The van der Waals surface area contributed by atoms with Crippen LogP contribution >= 0.6 is 0 Å². The van der Waals surface area contributed by atoms with Crippen molar-refractivity contribution in [3.63, 3.8) is 0 Å². The molecule has 2 aromatic rings. The van der Waals surface area contributed by atoms with Crippen LogP contribution in [0.1, 0.15) is 24.2 Å². The highest BCUT2D eigenvalue weighted by Gasteiger charge is 2.32. The van der Waals surface area contributed by atoms with Crippen molar-refractivity contribution >= 4 is 6.21 Å². The molecule has 0 aliphatic carbocycles. The molecule has 0 spiro atoms. The zero-order valence-electron chi connectivity index (χ0n) is 14.8. The average molecular weight is 416 g/mol. The minimum absolute atomic E-state index is 0.0632. The van der Waals surface area contributed by atoms with Gasteiger partial charge >= 0.3 is 12.5 Å². The first kappa shape index (κ1) is 20.6. The maximum Gasteiger partial charge on any atom is 0.573 e. The molecule has 0 amide bonds. The smallest absolute Gasteiger partial charge is 0.406 e. The van der Waals surface area contributed by atoms with Gasteiger partial charge in [-0.05, 0) is 48.9 Å². The fraction of sp³-hybridized carbons (Fsp3) is 0.211. The van der Waals surface area contributed by atoms with Gasteiger partial charge in [-0.2, -0.15) is 18.2 Å². The molecule has 0 N–H and O–H groups in total. The summed E-state index contributed by atoms with van der Waals surface area (Å²) in [6.45, 7) is 1.66. The number of hydroxylamine groups is 2. The van der Waals surface area contributed by atoms with E-state index in [-0.39, 0.29) is 5.75 Å². The van der Waals surface area contributed by atoms with Crippen molar-refractivity contribution in [2.24, 2.45) is 4.99 Å². The molecule has 1 aliphatic rings. The van der Waals surface area contributed by atoms with Gasteiger partial charge in [0.15, 0.2) is 11.9 Å². The lowest BCUT2D eigenvalue weighted by molar-refractivity contribution is -0.274. The maximum absolute atomic E-state index is 12.9. The van der Waals surface area contributed by atoms with Gasteiger partial charge in [0, 0.05) is 6.21 Å². The van der Waals surface area contributed by atoms with Crippen molar-refractivity contribution in [1.82, 2.24) is 5.06 Å². The Morgan fingerprint density at radius 1 is 0.931 bits per heavy atom. The van der Waals surface area contributed by atoms with E-state index < -0.39 is 30.0 Å². The number of hydrogen-bond acceptors (Lipinski definition) is 4. The van der Waals surface area contributed by atoms with Crippen LogP contribution in [0.5, 0.6) is 11.5 Å². The standard InChI is InChI=1S/C19H14F6N2O2/c1-12-9-10-26-17(13-5-7-15(8-6-13)28-19(23,24)25)27(12)29-16-4-2-3-14(11-16)18(20,21)22/h2-11,17H,1H3. The first-order chi connectivity index (χ1) is 13.5. The summed E-state index contributed by atoms with van der Waals surface area (Å²) in [4.78, 5) is 9.84. The van der Waals surface area contributed by atoms with Crippen LogP contribution in [0.15, 0.2) is 65.3 Å². The van der Waals surface area contributed by atoms with E-state index in [0.717, 1.165) is 24.3 Å². The van der Waals surface area contributed by atoms with E-state index in [2.05, 4.69) is 9.73 Å². The first-order valence-corrected chi connectivity index (χ1v) is 8.23. The molecule has 0 fully saturated rings. The van der Waals surface area contributed by atoms with Gasteiger partial charge in [-0.25, -0.2) is 0 Å². The number of aliphatic imine (C=N–C) groups is 1. The minimum Gasteiger partial charge on any atom is -0.406 e. The predicted molar refractivity (Wildman–Crippen MR) is 92.0 cm³/mol. The van der Waals surface area contributed by atoms with Crippen molar-refractivity contribution in [3.8, 4) is 11.5 Å². The van der Waals surface area contributed by atoms with Gasteiger partial charge in [-0.15, -0.1) is 13.2 Å². The Morgan fingerprint density at radius 3 is 2.24 bits per heavy atom. The number of alkyl halides is 6. The second-order valence-corrected chi connectivity index (χ2v) is 6.04. The third-order valence-electron chi connectivity index (χ3n) is 3.89. The van der Waals surface area contributed by atoms with Crippen molar-refractivity contribution in [2.75, 3.05) is 0 Å². The molecule has 29 heavy (non-hydrogen) atoms. The number of hydrogen-bond donors (Lipinski definition) is 0. The van der Waals surface area contributed by atoms with Crippen molar-refractivity contribution in [1.29, 1.82) is 0 Å². The third kappa shape index (κ3) is 5.21. The quantitative estimate of drug-likeness (QED) is 0.583. The van der Waals surface area contributed by atoms with E-state index in [1.165, 1.54) is 35.5 Å². The van der Waals surface area contributed by atoms with Gasteiger partial charge in [-0.1, -0.05) is 18.2 Å².